The lowest BCUT2D eigenvalue weighted by Crippen LogP contribution is -2.39. The average Bonchev–Trinajstić information content (AvgIpc) is 2.20. The van der Waals surface area contributed by atoms with E-state index in [0.29, 0.717) is 6.04 Å². The summed E-state index contributed by atoms with van der Waals surface area (Å²) in [7, 11) is 3.79. The van der Waals surface area contributed by atoms with Gasteiger partial charge in [-0.2, -0.15) is 0 Å². The third-order valence-corrected chi connectivity index (χ3v) is 2.25. The van der Waals surface area contributed by atoms with E-state index in [1.165, 1.54) is 6.42 Å². The molecule has 60 valence electrons. The van der Waals surface area contributed by atoms with Crippen molar-refractivity contribution in [1.29, 1.82) is 0 Å². The fourth-order valence-electron chi connectivity index (χ4n) is 1.43. The van der Waals surface area contributed by atoms with Gasteiger partial charge in [-0.15, -0.1) is 0 Å². The van der Waals surface area contributed by atoms with Crippen molar-refractivity contribution in [1.82, 2.24) is 4.90 Å². The Morgan fingerprint density at radius 1 is 1.60 bits per heavy atom. The average molecular weight is 144 g/mol. The molecule has 1 aliphatic heterocycles. The van der Waals surface area contributed by atoms with Crippen LogP contribution in [0.4, 0.5) is 0 Å². The molecule has 0 aromatic carbocycles. The molecule has 3 heteroatoms. The highest BCUT2D eigenvalue weighted by Gasteiger charge is 2.26. The van der Waals surface area contributed by atoms with Gasteiger partial charge >= 0.3 is 0 Å². The second kappa shape index (κ2) is 3.32. The van der Waals surface area contributed by atoms with Crippen molar-refractivity contribution < 1.29 is 4.74 Å². The van der Waals surface area contributed by atoms with Crippen LogP contribution in [-0.2, 0) is 4.74 Å². The maximum atomic E-state index is 5.77. The zero-order valence-corrected chi connectivity index (χ0v) is 6.71. The van der Waals surface area contributed by atoms with E-state index in [9.17, 15) is 0 Å². The summed E-state index contributed by atoms with van der Waals surface area (Å²) in [5.74, 6) is 0. The maximum Gasteiger partial charge on any atom is 0.0618 e. The molecule has 1 aliphatic rings. The quantitative estimate of drug-likeness (QED) is 0.593. The van der Waals surface area contributed by atoms with Crippen molar-refractivity contribution in [3.05, 3.63) is 0 Å². The summed E-state index contributed by atoms with van der Waals surface area (Å²) in [5, 5.41) is 0. The van der Waals surface area contributed by atoms with E-state index in [0.717, 1.165) is 13.0 Å². The molecule has 0 saturated carbocycles. The number of ether oxygens (including phenoxy) is 1. The van der Waals surface area contributed by atoms with E-state index in [1.54, 1.807) is 7.11 Å². The monoisotopic (exact) mass is 144 g/mol. The molecule has 0 aromatic rings. The number of nitrogens with zero attached hydrogens (tertiary/aromatic N) is 1. The minimum Gasteiger partial charge on any atom is -0.383 e. The van der Waals surface area contributed by atoms with Crippen LogP contribution in [0, 0.1) is 0 Å². The van der Waals surface area contributed by atoms with Gasteiger partial charge in [-0.1, -0.05) is 0 Å². The number of likely N-dealkylation sites (tertiary alicyclic amines) is 1. The Kier molecular flexibility index (Phi) is 2.65. The molecule has 0 aliphatic carbocycles. The van der Waals surface area contributed by atoms with E-state index < -0.39 is 0 Å². The van der Waals surface area contributed by atoms with Crippen molar-refractivity contribution in [2.45, 2.75) is 25.0 Å². The van der Waals surface area contributed by atoms with Crippen molar-refractivity contribution in [3.63, 3.8) is 0 Å². The van der Waals surface area contributed by atoms with Crippen molar-refractivity contribution in [2.24, 2.45) is 5.73 Å². The van der Waals surface area contributed by atoms with Crippen molar-refractivity contribution in [3.8, 4) is 0 Å². The fraction of sp³-hybridized carbons (Fsp3) is 1.00. The molecule has 0 bridgehead atoms. The first kappa shape index (κ1) is 7.98. The Bertz CT molecular complexity index is 106. The van der Waals surface area contributed by atoms with Gasteiger partial charge in [0.1, 0.15) is 0 Å². The minimum absolute atomic E-state index is 0.250. The number of hydrogen-bond donors (Lipinski definition) is 1. The number of methoxy groups -OCH3 is 1. The molecule has 1 rings (SSSR count). The third kappa shape index (κ3) is 1.48. The first-order valence-electron chi connectivity index (χ1n) is 3.72. The van der Waals surface area contributed by atoms with Gasteiger partial charge in [0.2, 0.25) is 0 Å². The van der Waals surface area contributed by atoms with Gasteiger partial charge in [0, 0.05) is 13.2 Å². The number of hydrogen-bond acceptors (Lipinski definition) is 3. The molecular formula is C7H16N2O. The SMILES string of the molecule is COCC1CCC(N)N1C. The fourth-order valence-corrected chi connectivity index (χ4v) is 1.43. The van der Waals surface area contributed by atoms with Crippen LogP contribution in [-0.4, -0.2) is 37.9 Å². The molecule has 0 spiro atoms. The summed E-state index contributed by atoms with van der Waals surface area (Å²) in [6.45, 7) is 0.810. The van der Waals surface area contributed by atoms with Crippen LogP contribution in [0.25, 0.3) is 0 Å². The highest BCUT2D eigenvalue weighted by molar-refractivity contribution is 4.81. The van der Waals surface area contributed by atoms with Crippen LogP contribution in [0.1, 0.15) is 12.8 Å². The smallest absolute Gasteiger partial charge is 0.0618 e. The third-order valence-electron chi connectivity index (χ3n) is 2.25. The summed E-state index contributed by atoms with van der Waals surface area (Å²) in [4.78, 5) is 2.18. The highest BCUT2D eigenvalue weighted by atomic mass is 16.5. The summed E-state index contributed by atoms with van der Waals surface area (Å²) in [5.41, 5.74) is 5.77. The molecule has 0 amide bonds. The van der Waals surface area contributed by atoms with Gasteiger partial charge < -0.3 is 10.5 Å². The zero-order valence-electron chi connectivity index (χ0n) is 6.71. The largest absolute Gasteiger partial charge is 0.383 e. The van der Waals surface area contributed by atoms with Crippen LogP contribution < -0.4 is 5.73 Å². The van der Waals surface area contributed by atoms with Crippen LogP contribution in [0.3, 0.4) is 0 Å². The molecule has 2 atom stereocenters. The molecule has 0 aromatic heterocycles. The number of likely N-dealkylation sites (N-methyl/N-ethyl adjacent to an activating group) is 1. The van der Waals surface area contributed by atoms with E-state index in [1.807, 2.05) is 0 Å². The van der Waals surface area contributed by atoms with Crippen LogP contribution >= 0.6 is 0 Å². The Labute approximate surface area is 62.1 Å². The summed E-state index contributed by atoms with van der Waals surface area (Å²) >= 11 is 0. The number of rotatable bonds is 2. The Hall–Kier alpha value is -0.120. The van der Waals surface area contributed by atoms with Gasteiger partial charge in [-0.25, -0.2) is 0 Å². The standard InChI is InChI=1S/C7H16N2O/c1-9-6(5-10-2)3-4-7(9)8/h6-7H,3-5,8H2,1-2H3. The van der Waals surface area contributed by atoms with Gasteiger partial charge in [0.25, 0.3) is 0 Å². The normalized spacial score (nSPS) is 35.1. The lowest BCUT2D eigenvalue weighted by molar-refractivity contribution is 0.115. The molecule has 0 radical (unpaired) electrons. The maximum absolute atomic E-state index is 5.77. The molecule has 2 unspecified atom stereocenters. The Balaban J connectivity index is 2.33. The number of nitrogens with two attached hydrogens (primary N) is 1. The van der Waals surface area contributed by atoms with E-state index >= 15 is 0 Å². The Morgan fingerprint density at radius 2 is 2.30 bits per heavy atom. The van der Waals surface area contributed by atoms with E-state index in [-0.39, 0.29) is 6.17 Å². The van der Waals surface area contributed by atoms with Crippen LogP contribution in [0.2, 0.25) is 0 Å². The summed E-state index contributed by atoms with van der Waals surface area (Å²) < 4.78 is 5.05. The zero-order chi connectivity index (χ0) is 7.56. The topological polar surface area (TPSA) is 38.5 Å². The molecule has 3 nitrogen and oxygen atoms in total. The van der Waals surface area contributed by atoms with Crippen molar-refractivity contribution in [2.75, 3.05) is 20.8 Å². The lowest BCUT2D eigenvalue weighted by atomic mass is 10.2. The van der Waals surface area contributed by atoms with Gasteiger partial charge in [0.15, 0.2) is 0 Å². The minimum atomic E-state index is 0.250. The van der Waals surface area contributed by atoms with Gasteiger partial charge in [-0.3, -0.25) is 4.90 Å². The van der Waals surface area contributed by atoms with Gasteiger partial charge in [0.05, 0.1) is 12.8 Å². The second-order valence-corrected chi connectivity index (χ2v) is 2.92. The molecule has 1 fully saturated rings. The van der Waals surface area contributed by atoms with Crippen LogP contribution in [0.15, 0.2) is 0 Å². The first-order valence-corrected chi connectivity index (χ1v) is 3.72. The van der Waals surface area contributed by atoms with Crippen LogP contribution in [0.5, 0.6) is 0 Å². The van der Waals surface area contributed by atoms with Gasteiger partial charge in [-0.05, 0) is 19.9 Å². The molecule has 1 saturated heterocycles. The first-order chi connectivity index (χ1) is 4.75. The van der Waals surface area contributed by atoms with Crippen molar-refractivity contribution >= 4 is 0 Å². The lowest BCUT2D eigenvalue weighted by Gasteiger charge is -2.21. The summed E-state index contributed by atoms with van der Waals surface area (Å²) in [6, 6.07) is 0.542. The molecule has 1 heterocycles. The Morgan fingerprint density at radius 3 is 2.70 bits per heavy atom. The highest BCUT2D eigenvalue weighted by Crippen LogP contribution is 2.18. The molecule has 2 N–H and O–H groups in total. The summed E-state index contributed by atoms with van der Waals surface area (Å²) in [6.07, 6.45) is 2.52. The van der Waals surface area contributed by atoms with E-state index in [2.05, 4.69) is 11.9 Å². The molecular weight excluding hydrogens is 128 g/mol. The predicted molar refractivity (Wildman–Crippen MR) is 40.6 cm³/mol. The van der Waals surface area contributed by atoms with E-state index in [4.69, 9.17) is 10.5 Å². The predicted octanol–water partition coefficient (Wildman–Crippen LogP) is 0.0118. The second-order valence-electron chi connectivity index (χ2n) is 2.92. The molecule has 10 heavy (non-hydrogen) atoms.